The highest BCUT2D eigenvalue weighted by Crippen LogP contribution is 2.51. The van der Waals surface area contributed by atoms with Crippen LogP contribution in [0.2, 0.25) is 0 Å². The van der Waals surface area contributed by atoms with E-state index in [4.69, 9.17) is 13.7 Å². The number of nitrogens with zero attached hydrogens (tertiary/aromatic N) is 1. The van der Waals surface area contributed by atoms with Crippen LogP contribution in [0.3, 0.4) is 0 Å². The van der Waals surface area contributed by atoms with E-state index in [0.717, 1.165) is 54.9 Å². The maximum absolute atomic E-state index is 8.73. The van der Waals surface area contributed by atoms with Crippen LogP contribution >= 0.6 is 0 Å². The van der Waals surface area contributed by atoms with Crippen LogP contribution in [0.4, 0.5) is 17.1 Å². The lowest BCUT2D eigenvalue weighted by molar-refractivity contribution is 1.29. The van der Waals surface area contributed by atoms with Crippen molar-refractivity contribution < 1.29 is 13.7 Å². The predicted molar refractivity (Wildman–Crippen MR) is 166 cm³/mol. The van der Waals surface area contributed by atoms with Crippen molar-refractivity contribution >= 4 is 38.6 Å². The minimum Gasteiger partial charge on any atom is -0.310 e. The van der Waals surface area contributed by atoms with Gasteiger partial charge in [0.15, 0.2) is 0 Å². The molecule has 0 N–H and O–H groups in total. The molecule has 7 aromatic rings. The van der Waals surface area contributed by atoms with Gasteiger partial charge in [0.2, 0.25) is 0 Å². The Morgan fingerprint density at radius 1 is 0.385 bits per heavy atom. The zero-order valence-electron chi connectivity index (χ0n) is 30.6. The molecular formula is C38H25N. The van der Waals surface area contributed by atoms with E-state index in [1.54, 1.807) is 12.1 Å². The van der Waals surface area contributed by atoms with Gasteiger partial charge in [-0.25, -0.2) is 0 Å². The summed E-state index contributed by atoms with van der Waals surface area (Å²) < 4.78 is 84.4. The maximum Gasteiger partial charge on any atom is 0.0645 e. The molecule has 0 fully saturated rings. The van der Waals surface area contributed by atoms with Crippen molar-refractivity contribution in [3.05, 3.63) is 151 Å². The Morgan fingerprint density at radius 3 is 1.49 bits per heavy atom. The second-order valence-corrected chi connectivity index (χ2v) is 9.54. The topological polar surface area (TPSA) is 3.24 Å². The van der Waals surface area contributed by atoms with Crippen molar-refractivity contribution in [3.8, 4) is 33.4 Å². The van der Waals surface area contributed by atoms with Crippen LogP contribution < -0.4 is 4.90 Å². The number of anilines is 3. The highest BCUT2D eigenvalue weighted by molar-refractivity contribution is 6.12. The van der Waals surface area contributed by atoms with Crippen LogP contribution in [-0.4, -0.2) is 0 Å². The molecule has 0 spiro atoms. The highest BCUT2D eigenvalue weighted by atomic mass is 15.1. The van der Waals surface area contributed by atoms with Gasteiger partial charge in [-0.05, 0) is 122 Å². The van der Waals surface area contributed by atoms with E-state index in [-0.39, 0.29) is 17.1 Å². The Morgan fingerprint density at radius 2 is 0.897 bits per heavy atom. The summed E-state index contributed by atoms with van der Waals surface area (Å²) in [6.45, 7) is 0. The Hall–Kier alpha value is -5.14. The molecule has 1 heteroatoms. The smallest absolute Gasteiger partial charge is 0.0645 e. The van der Waals surface area contributed by atoms with Gasteiger partial charge in [0.1, 0.15) is 0 Å². The lowest BCUT2D eigenvalue weighted by Gasteiger charge is -2.28. The second kappa shape index (κ2) is 8.72. The van der Waals surface area contributed by atoms with Gasteiger partial charge in [-0.2, -0.15) is 0 Å². The molecule has 182 valence electrons. The molecule has 39 heavy (non-hydrogen) atoms. The SMILES string of the molecule is [2H]c1c([2H])c([2H])c(N(c2ccc3cc4c(cc3c2)-c2cc3ccc(-c5ccccc5)cc3cc2-4)c2c([2H])c([2H])c([2H])c([2H])c2[2H])c([2H])c1[2H]. The van der Waals surface area contributed by atoms with Crippen molar-refractivity contribution in [1.29, 1.82) is 0 Å². The van der Waals surface area contributed by atoms with Gasteiger partial charge < -0.3 is 4.90 Å². The highest BCUT2D eigenvalue weighted by Gasteiger charge is 2.24. The Bertz CT molecular complexity index is 2440. The van der Waals surface area contributed by atoms with Crippen molar-refractivity contribution in [2.45, 2.75) is 0 Å². The van der Waals surface area contributed by atoms with Gasteiger partial charge in [0, 0.05) is 17.1 Å². The molecule has 8 rings (SSSR count). The maximum atomic E-state index is 8.73. The van der Waals surface area contributed by atoms with Crippen molar-refractivity contribution in [1.82, 2.24) is 0 Å². The summed E-state index contributed by atoms with van der Waals surface area (Å²) in [5, 5.41) is 3.89. The molecule has 0 aliphatic heterocycles. The zero-order chi connectivity index (χ0) is 34.5. The summed E-state index contributed by atoms with van der Waals surface area (Å²) in [4.78, 5) is 1.19. The van der Waals surface area contributed by atoms with Crippen molar-refractivity contribution in [2.24, 2.45) is 0 Å². The molecule has 0 amide bonds. The van der Waals surface area contributed by atoms with Crippen LogP contribution in [0.25, 0.3) is 54.9 Å². The van der Waals surface area contributed by atoms with E-state index < -0.39 is 60.4 Å². The van der Waals surface area contributed by atoms with Crippen LogP contribution in [0.1, 0.15) is 13.7 Å². The summed E-state index contributed by atoms with van der Waals surface area (Å²) in [5.41, 5.74) is 6.28. The van der Waals surface area contributed by atoms with E-state index in [9.17, 15) is 0 Å². The molecule has 0 saturated heterocycles. The first-order valence-electron chi connectivity index (χ1n) is 17.6. The van der Waals surface area contributed by atoms with Gasteiger partial charge >= 0.3 is 0 Å². The Labute approximate surface area is 242 Å². The third kappa shape index (κ3) is 3.63. The molecule has 1 aliphatic rings. The molecule has 0 saturated carbocycles. The molecule has 1 nitrogen and oxygen atoms in total. The van der Waals surface area contributed by atoms with Gasteiger partial charge in [-0.3, -0.25) is 0 Å². The van der Waals surface area contributed by atoms with Gasteiger partial charge in [0.25, 0.3) is 0 Å². The molecule has 0 radical (unpaired) electrons. The third-order valence-electron chi connectivity index (χ3n) is 7.30. The van der Waals surface area contributed by atoms with Crippen molar-refractivity contribution in [2.75, 3.05) is 4.90 Å². The van der Waals surface area contributed by atoms with E-state index in [0.29, 0.717) is 0 Å². The fraction of sp³-hybridized carbons (Fsp3) is 0. The summed E-state index contributed by atoms with van der Waals surface area (Å²) in [7, 11) is 0. The standard InChI is InChI=1S/C38H25N/c1-4-10-26(11-5-1)27-16-17-28-22-35-37(24-30(28)20-27)36-23-29-18-19-34(21-31(29)25-38(35)36)39(32-12-6-2-7-13-32)33-14-8-3-9-15-33/h1-25H/i2D,3D,6D,7D,8D,9D,12D,13D,14D,15D. The number of para-hydroxylation sites is 2. The van der Waals surface area contributed by atoms with Gasteiger partial charge in [-0.1, -0.05) is 84.8 Å². The Kier molecular flexibility index (Phi) is 3.16. The molecule has 0 bridgehead atoms. The molecule has 0 atom stereocenters. The lowest BCUT2D eigenvalue weighted by atomic mass is 9.77. The first-order valence-corrected chi connectivity index (χ1v) is 12.6. The quantitative estimate of drug-likeness (QED) is 0.230. The average molecular weight is 506 g/mol. The lowest BCUT2D eigenvalue weighted by Crippen LogP contribution is -2.09. The van der Waals surface area contributed by atoms with Crippen LogP contribution in [0, 0.1) is 0 Å². The van der Waals surface area contributed by atoms with Crippen LogP contribution in [-0.2, 0) is 0 Å². The summed E-state index contributed by atoms with van der Waals surface area (Å²) >= 11 is 0. The number of hydrogen-bond donors (Lipinski definition) is 0. The average Bonchev–Trinajstić information content (AvgIpc) is 3.12. The molecule has 1 aliphatic carbocycles. The van der Waals surface area contributed by atoms with E-state index in [1.165, 1.54) is 4.90 Å². The first-order chi connectivity index (χ1) is 23.5. The summed E-state index contributed by atoms with van der Waals surface area (Å²) in [6, 6.07) is 24.6. The number of fused-ring (bicyclic) bond motifs is 6. The Balaban J connectivity index is 1.30. The number of rotatable bonds is 4. The molecular weight excluding hydrogens is 470 g/mol. The predicted octanol–water partition coefficient (Wildman–Crippen LogP) is 10.8. The summed E-state index contributed by atoms with van der Waals surface area (Å²) in [5.74, 6) is 0. The van der Waals surface area contributed by atoms with Crippen LogP contribution in [0.15, 0.2) is 151 Å². The molecule has 0 unspecified atom stereocenters. The molecule has 0 heterocycles. The fourth-order valence-electron chi connectivity index (χ4n) is 5.44. The monoisotopic (exact) mass is 505 g/mol. The second-order valence-electron chi connectivity index (χ2n) is 9.54. The minimum atomic E-state index is -0.602. The number of hydrogen-bond acceptors (Lipinski definition) is 1. The largest absolute Gasteiger partial charge is 0.310 e. The van der Waals surface area contributed by atoms with E-state index >= 15 is 0 Å². The van der Waals surface area contributed by atoms with E-state index in [2.05, 4.69) is 48.5 Å². The third-order valence-corrected chi connectivity index (χ3v) is 7.30. The fourth-order valence-corrected chi connectivity index (χ4v) is 5.44. The zero-order valence-corrected chi connectivity index (χ0v) is 20.6. The van der Waals surface area contributed by atoms with Gasteiger partial charge in [0.05, 0.1) is 13.7 Å². The summed E-state index contributed by atoms with van der Waals surface area (Å²) in [6.07, 6.45) is 0. The van der Waals surface area contributed by atoms with E-state index in [1.807, 2.05) is 30.3 Å². The van der Waals surface area contributed by atoms with Crippen LogP contribution in [0.5, 0.6) is 0 Å². The van der Waals surface area contributed by atoms with Gasteiger partial charge in [-0.15, -0.1) is 0 Å². The molecule has 7 aromatic carbocycles. The first kappa shape index (κ1) is 14.1. The molecule has 0 aromatic heterocycles. The van der Waals surface area contributed by atoms with Crippen molar-refractivity contribution in [3.63, 3.8) is 0 Å². The minimum absolute atomic E-state index is 0.274. The normalized spacial score (nSPS) is 15.2. The number of benzene rings is 7.